The smallest absolute Gasteiger partial charge is 0.246 e. The predicted octanol–water partition coefficient (Wildman–Crippen LogP) is 0.929. The molecule has 2 amide bonds. The monoisotopic (exact) mass is 268 g/mol. The van der Waals surface area contributed by atoms with E-state index >= 15 is 0 Å². The van der Waals surface area contributed by atoms with E-state index in [-0.39, 0.29) is 23.3 Å². The van der Waals surface area contributed by atoms with E-state index in [0.29, 0.717) is 19.6 Å². The predicted molar refractivity (Wildman–Crippen MR) is 71.6 cm³/mol. The third-order valence-electron chi connectivity index (χ3n) is 3.86. The van der Waals surface area contributed by atoms with Gasteiger partial charge in [-0.1, -0.05) is 20.8 Å². The maximum atomic E-state index is 12.7. The molecular weight excluding hydrogens is 244 g/mol. The van der Waals surface area contributed by atoms with Gasteiger partial charge in [0.05, 0.1) is 12.6 Å². The SMILES string of the molecule is CC(C)(C)C1NC(=O)CCN(C2CCCOC2)C1=O. The van der Waals surface area contributed by atoms with Gasteiger partial charge in [-0.15, -0.1) is 0 Å². The first-order valence-corrected chi connectivity index (χ1v) is 7.07. The van der Waals surface area contributed by atoms with Crippen LogP contribution in [0, 0.1) is 5.41 Å². The molecule has 1 N–H and O–H groups in total. The minimum absolute atomic E-state index is 0.0347. The molecule has 0 radical (unpaired) electrons. The van der Waals surface area contributed by atoms with Crippen LogP contribution in [0.25, 0.3) is 0 Å². The number of nitrogens with one attached hydrogen (secondary N) is 1. The number of carbonyl (C=O) groups is 2. The van der Waals surface area contributed by atoms with E-state index in [1.165, 1.54) is 0 Å². The standard InChI is InChI=1S/C14H24N2O3/c1-14(2,3)12-13(18)16(7-6-11(17)15-12)10-5-4-8-19-9-10/h10,12H,4-9H2,1-3H3,(H,15,17). The highest BCUT2D eigenvalue weighted by Crippen LogP contribution is 2.25. The highest BCUT2D eigenvalue weighted by molar-refractivity contribution is 5.90. The molecule has 2 unspecified atom stereocenters. The molecule has 0 spiro atoms. The molecule has 2 fully saturated rings. The molecule has 2 rings (SSSR count). The Hall–Kier alpha value is -1.10. The Bertz CT molecular complexity index is 356. The second-order valence-electron chi connectivity index (χ2n) is 6.52. The summed E-state index contributed by atoms with van der Waals surface area (Å²) in [5.41, 5.74) is -0.273. The van der Waals surface area contributed by atoms with Crippen LogP contribution in [-0.4, -0.2) is 48.6 Å². The van der Waals surface area contributed by atoms with Crippen LogP contribution in [0.1, 0.15) is 40.0 Å². The van der Waals surface area contributed by atoms with Crippen molar-refractivity contribution < 1.29 is 14.3 Å². The van der Waals surface area contributed by atoms with Crippen molar-refractivity contribution in [1.29, 1.82) is 0 Å². The zero-order valence-electron chi connectivity index (χ0n) is 12.1. The molecule has 19 heavy (non-hydrogen) atoms. The van der Waals surface area contributed by atoms with Crippen molar-refractivity contribution in [3.8, 4) is 0 Å². The zero-order chi connectivity index (χ0) is 14.0. The fourth-order valence-electron chi connectivity index (χ4n) is 2.71. The molecule has 0 aromatic rings. The first-order valence-electron chi connectivity index (χ1n) is 7.07. The summed E-state index contributed by atoms with van der Waals surface area (Å²) in [5.74, 6) is 0.00125. The van der Waals surface area contributed by atoms with E-state index in [0.717, 1.165) is 19.4 Å². The third-order valence-corrected chi connectivity index (χ3v) is 3.86. The molecule has 2 saturated heterocycles. The van der Waals surface area contributed by atoms with Gasteiger partial charge >= 0.3 is 0 Å². The number of amides is 2. The number of hydrogen-bond donors (Lipinski definition) is 1. The summed E-state index contributed by atoms with van der Waals surface area (Å²) in [7, 11) is 0. The van der Waals surface area contributed by atoms with Gasteiger partial charge in [0.25, 0.3) is 0 Å². The highest BCUT2D eigenvalue weighted by atomic mass is 16.5. The fourth-order valence-corrected chi connectivity index (χ4v) is 2.71. The summed E-state index contributed by atoms with van der Waals surface area (Å²) in [4.78, 5) is 26.3. The third kappa shape index (κ3) is 3.26. The van der Waals surface area contributed by atoms with Crippen LogP contribution in [0.5, 0.6) is 0 Å². The van der Waals surface area contributed by atoms with Crippen LogP contribution in [0.3, 0.4) is 0 Å². The number of carbonyl (C=O) groups excluding carboxylic acids is 2. The molecule has 2 atom stereocenters. The largest absolute Gasteiger partial charge is 0.379 e. The van der Waals surface area contributed by atoms with Crippen molar-refractivity contribution in [3.05, 3.63) is 0 Å². The van der Waals surface area contributed by atoms with E-state index < -0.39 is 6.04 Å². The highest BCUT2D eigenvalue weighted by Gasteiger charge is 2.40. The minimum atomic E-state index is -0.440. The fraction of sp³-hybridized carbons (Fsp3) is 0.857. The molecule has 0 aromatic heterocycles. The van der Waals surface area contributed by atoms with Gasteiger partial charge in [0, 0.05) is 19.6 Å². The molecular formula is C14H24N2O3. The number of ether oxygens (including phenoxy) is 1. The average Bonchev–Trinajstić information content (AvgIpc) is 2.50. The maximum Gasteiger partial charge on any atom is 0.246 e. The second kappa shape index (κ2) is 5.49. The van der Waals surface area contributed by atoms with Gasteiger partial charge in [-0.05, 0) is 18.3 Å². The van der Waals surface area contributed by atoms with E-state index in [1.807, 2.05) is 25.7 Å². The van der Waals surface area contributed by atoms with E-state index in [2.05, 4.69) is 5.32 Å². The van der Waals surface area contributed by atoms with Crippen molar-refractivity contribution in [2.45, 2.75) is 52.1 Å². The zero-order valence-corrected chi connectivity index (χ0v) is 12.1. The maximum absolute atomic E-state index is 12.7. The van der Waals surface area contributed by atoms with Gasteiger partial charge in [-0.2, -0.15) is 0 Å². The van der Waals surface area contributed by atoms with E-state index in [4.69, 9.17) is 4.74 Å². The lowest BCUT2D eigenvalue weighted by atomic mass is 9.85. The number of hydrogen-bond acceptors (Lipinski definition) is 3. The lowest BCUT2D eigenvalue weighted by Gasteiger charge is -2.37. The van der Waals surface area contributed by atoms with Crippen LogP contribution < -0.4 is 5.32 Å². The summed E-state index contributed by atoms with van der Waals surface area (Å²) in [6.07, 6.45) is 2.33. The average molecular weight is 268 g/mol. The lowest BCUT2D eigenvalue weighted by Crippen LogP contribution is -2.55. The summed E-state index contributed by atoms with van der Waals surface area (Å²) < 4.78 is 5.47. The Kier molecular flexibility index (Phi) is 4.13. The Morgan fingerprint density at radius 1 is 1.32 bits per heavy atom. The molecule has 0 bridgehead atoms. The molecule has 108 valence electrons. The van der Waals surface area contributed by atoms with Gasteiger partial charge in [0.2, 0.25) is 11.8 Å². The van der Waals surface area contributed by atoms with Crippen molar-refractivity contribution in [2.24, 2.45) is 5.41 Å². The Morgan fingerprint density at radius 3 is 2.63 bits per heavy atom. The van der Waals surface area contributed by atoms with E-state index in [9.17, 15) is 9.59 Å². The summed E-state index contributed by atoms with van der Waals surface area (Å²) in [5, 5.41) is 2.87. The normalized spacial score (nSPS) is 29.9. The molecule has 2 heterocycles. The molecule has 2 aliphatic rings. The summed E-state index contributed by atoms with van der Waals surface area (Å²) in [6.45, 7) is 7.82. The van der Waals surface area contributed by atoms with Gasteiger partial charge in [0.15, 0.2) is 0 Å². The van der Waals surface area contributed by atoms with E-state index in [1.54, 1.807) is 0 Å². The Balaban J connectivity index is 2.18. The van der Waals surface area contributed by atoms with Gasteiger partial charge < -0.3 is 15.0 Å². The van der Waals surface area contributed by atoms with Crippen LogP contribution in [0.4, 0.5) is 0 Å². The van der Waals surface area contributed by atoms with Crippen molar-refractivity contribution in [1.82, 2.24) is 10.2 Å². The molecule has 5 heteroatoms. The molecule has 0 aliphatic carbocycles. The first-order chi connectivity index (χ1) is 8.89. The lowest BCUT2D eigenvalue weighted by molar-refractivity contribution is -0.140. The van der Waals surface area contributed by atoms with Crippen LogP contribution in [0.2, 0.25) is 0 Å². The Morgan fingerprint density at radius 2 is 2.05 bits per heavy atom. The van der Waals surface area contributed by atoms with Gasteiger partial charge in [-0.3, -0.25) is 9.59 Å². The molecule has 2 aliphatic heterocycles. The molecule has 0 saturated carbocycles. The summed E-state index contributed by atoms with van der Waals surface area (Å²) in [6, 6.07) is -0.316. The van der Waals surface area contributed by atoms with Gasteiger partial charge in [-0.25, -0.2) is 0 Å². The van der Waals surface area contributed by atoms with Crippen molar-refractivity contribution in [2.75, 3.05) is 19.8 Å². The number of nitrogens with zero attached hydrogens (tertiary/aromatic N) is 1. The Labute approximate surface area is 114 Å². The number of rotatable bonds is 1. The van der Waals surface area contributed by atoms with Crippen molar-refractivity contribution in [3.63, 3.8) is 0 Å². The van der Waals surface area contributed by atoms with Crippen LogP contribution in [0.15, 0.2) is 0 Å². The topological polar surface area (TPSA) is 58.6 Å². The molecule has 5 nitrogen and oxygen atoms in total. The summed E-state index contributed by atoms with van der Waals surface area (Å²) >= 11 is 0. The minimum Gasteiger partial charge on any atom is -0.379 e. The molecule has 0 aromatic carbocycles. The van der Waals surface area contributed by atoms with Crippen LogP contribution in [-0.2, 0) is 14.3 Å². The van der Waals surface area contributed by atoms with Crippen LogP contribution >= 0.6 is 0 Å². The van der Waals surface area contributed by atoms with Crippen molar-refractivity contribution >= 4 is 11.8 Å². The first kappa shape index (κ1) is 14.3. The van der Waals surface area contributed by atoms with Gasteiger partial charge in [0.1, 0.15) is 6.04 Å². The second-order valence-corrected chi connectivity index (χ2v) is 6.52. The quantitative estimate of drug-likeness (QED) is 0.769.